The van der Waals surface area contributed by atoms with Crippen molar-refractivity contribution >= 4 is 21.9 Å². The molecule has 1 aliphatic rings. The number of hydrogen-bond donors (Lipinski definition) is 0. The molecule has 10 aromatic rings. The maximum Gasteiger partial charge on any atom is 0.164 e. The molecule has 8 aromatic carbocycles. The lowest BCUT2D eigenvalue weighted by molar-refractivity contribution is 0.660. The van der Waals surface area contributed by atoms with Crippen molar-refractivity contribution in [3.63, 3.8) is 0 Å². The summed E-state index contributed by atoms with van der Waals surface area (Å²) in [5.41, 5.74) is 16.2. The zero-order valence-electron chi connectivity index (χ0n) is 32.1. The van der Waals surface area contributed by atoms with Gasteiger partial charge in [0.2, 0.25) is 0 Å². The lowest BCUT2D eigenvalue weighted by Crippen LogP contribution is -2.14. The van der Waals surface area contributed by atoms with Gasteiger partial charge in [0.1, 0.15) is 11.2 Å². The van der Waals surface area contributed by atoms with E-state index < -0.39 is 0 Å². The van der Waals surface area contributed by atoms with Gasteiger partial charge in [-0.1, -0.05) is 159 Å². The van der Waals surface area contributed by atoms with Crippen LogP contribution >= 0.6 is 0 Å². The number of benzene rings is 8. The molecule has 0 atom stereocenters. The molecule has 0 N–H and O–H groups in total. The molecule has 0 unspecified atom stereocenters. The molecule has 4 heteroatoms. The summed E-state index contributed by atoms with van der Waals surface area (Å²) in [5, 5.41) is 2.21. The van der Waals surface area contributed by atoms with E-state index >= 15 is 0 Å². The summed E-state index contributed by atoms with van der Waals surface area (Å²) in [5.74, 6) is 1.88. The second-order valence-corrected chi connectivity index (χ2v) is 15.6. The van der Waals surface area contributed by atoms with Crippen molar-refractivity contribution < 1.29 is 4.42 Å². The summed E-state index contributed by atoms with van der Waals surface area (Å²) in [7, 11) is 0. The van der Waals surface area contributed by atoms with Crippen molar-refractivity contribution in [1.29, 1.82) is 0 Å². The summed E-state index contributed by atoms with van der Waals surface area (Å²) in [4.78, 5) is 15.6. The topological polar surface area (TPSA) is 51.8 Å². The predicted octanol–water partition coefficient (Wildman–Crippen LogP) is 14.1. The molecular formula is C54H37N3O. The van der Waals surface area contributed by atoms with Crippen LogP contribution < -0.4 is 0 Å². The van der Waals surface area contributed by atoms with Gasteiger partial charge in [0.05, 0.1) is 0 Å². The fourth-order valence-corrected chi connectivity index (χ4v) is 8.79. The van der Waals surface area contributed by atoms with Gasteiger partial charge >= 0.3 is 0 Å². The largest absolute Gasteiger partial charge is 0.456 e. The van der Waals surface area contributed by atoms with E-state index in [1.807, 2.05) is 30.3 Å². The summed E-state index contributed by atoms with van der Waals surface area (Å²) in [6, 6.07) is 66.1. The predicted molar refractivity (Wildman–Crippen MR) is 237 cm³/mol. The first-order valence-electron chi connectivity index (χ1n) is 19.8. The van der Waals surface area contributed by atoms with Gasteiger partial charge in [-0.2, -0.15) is 0 Å². The highest BCUT2D eigenvalue weighted by Crippen LogP contribution is 2.49. The first-order chi connectivity index (χ1) is 28.5. The second kappa shape index (κ2) is 13.4. The maximum atomic E-state index is 6.57. The van der Waals surface area contributed by atoms with E-state index in [0.29, 0.717) is 17.5 Å². The monoisotopic (exact) mass is 743 g/mol. The van der Waals surface area contributed by atoms with Gasteiger partial charge in [-0.15, -0.1) is 0 Å². The molecular weight excluding hydrogens is 707 g/mol. The molecule has 2 heterocycles. The molecule has 0 spiro atoms. The van der Waals surface area contributed by atoms with Crippen molar-refractivity contribution in [1.82, 2.24) is 15.0 Å². The summed E-state index contributed by atoms with van der Waals surface area (Å²) in [6.45, 7) is 4.61. The van der Waals surface area contributed by atoms with Crippen molar-refractivity contribution in [3.8, 4) is 78.7 Å². The van der Waals surface area contributed by atoms with Crippen LogP contribution in [0, 0.1) is 0 Å². The molecule has 0 fully saturated rings. The highest BCUT2D eigenvalue weighted by molar-refractivity contribution is 6.13. The van der Waals surface area contributed by atoms with Crippen LogP contribution in [0.25, 0.3) is 101 Å². The molecule has 274 valence electrons. The van der Waals surface area contributed by atoms with E-state index in [4.69, 9.17) is 19.4 Å². The number of aromatic nitrogens is 3. The Bertz CT molecular complexity index is 3180. The van der Waals surface area contributed by atoms with Crippen LogP contribution in [0.1, 0.15) is 25.0 Å². The third kappa shape index (κ3) is 5.64. The zero-order chi connectivity index (χ0) is 38.8. The fraction of sp³-hybridized carbons (Fsp3) is 0.0556. The van der Waals surface area contributed by atoms with E-state index in [2.05, 4.69) is 172 Å². The average Bonchev–Trinajstić information content (AvgIpc) is 3.78. The van der Waals surface area contributed by atoms with E-state index in [9.17, 15) is 0 Å². The van der Waals surface area contributed by atoms with E-state index in [1.54, 1.807) is 0 Å². The third-order valence-electron chi connectivity index (χ3n) is 11.7. The van der Waals surface area contributed by atoms with Gasteiger partial charge < -0.3 is 4.42 Å². The van der Waals surface area contributed by atoms with Crippen molar-refractivity contribution in [2.24, 2.45) is 0 Å². The standard InChI is InChI=1S/C54H37N3O/c1-54(2)46-23-13-12-21-43(46)45-32-38(26-28-47(45)54)52-55-51(36-19-10-5-11-20-36)56-53(57-52)41-30-39(34-15-6-3-7-16-34)29-40(31-41)37-25-27-44-49(33-37)58-48-24-14-22-42(50(44)48)35-17-8-4-9-18-35/h3-33H,1-2H3. The quantitative estimate of drug-likeness (QED) is 0.170. The first kappa shape index (κ1) is 33.9. The molecule has 0 saturated heterocycles. The van der Waals surface area contributed by atoms with Gasteiger partial charge in [-0.25, -0.2) is 15.0 Å². The molecule has 0 saturated carbocycles. The molecule has 0 aliphatic heterocycles. The van der Waals surface area contributed by atoms with Crippen LogP contribution in [0.5, 0.6) is 0 Å². The zero-order valence-corrected chi connectivity index (χ0v) is 32.1. The second-order valence-electron chi connectivity index (χ2n) is 15.6. The van der Waals surface area contributed by atoms with Crippen molar-refractivity contribution in [2.75, 3.05) is 0 Å². The normalized spacial score (nSPS) is 12.8. The average molecular weight is 744 g/mol. The van der Waals surface area contributed by atoms with Crippen LogP contribution in [0.2, 0.25) is 0 Å². The summed E-state index contributed by atoms with van der Waals surface area (Å²) in [6.07, 6.45) is 0. The number of fused-ring (bicyclic) bond motifs is 6. The minimum Gasteiger partial charge on any atom is -0.456 e. The lowest BCUT2D eigenvalue weighted by atomic mass is 9.82. The van der Waals surface area contributed by atoms with Crippen LogP contribution in [0.3, 0.4) is 0 Å². The Hall–Kier alpha value is -7.43. The third-order valence-corrected chi connectivity index (χ3v) is 11.7. The molecule has 0 bridgehead atoms. The maximum absolute atomic E-state index is 6.57. The van der Waals surface area contributed by atoms with Gasteiger partial charge in [-0.3, -0.25) is 0 Å². The summed E-state index contributed by atoms with van der Waals surface area (Å²) >= 11 is 0. The molecule has 0 radical (unpaired) electrons. The molecule has 58 heavy (non-hydrogen) atoms. The molecule has 11 rings (SSSR count). The van der Waals surface area contributed by atoms with E-state index in [0.717, 1.165) is 66.4 Å². The molecule has 0 amide bonds. The first-order valence-corrected chi connectivity index (χ1v) is 19.8. The Morgan fingerprint density at radius 2 is 0.897 bits per heavy atom. The Kier molecular flexibility index (Phi) is 7.80. The van der Waals surface area contributed by atoms with Crippen LogP contribution in [0.4, 0.5) is 0 Å². The van der Waals surface area contributed by atoms with Gasteiger partial charge in [0, 0.05) is 32.9 Å². The number of nitrogens with zero attached hydrogens (tertiary/aromatic N) is 3. The summed E-state index contributed by atoms with van der Waals surface area (Å²) < 4.78 is 6.57. The molecule has 2 aromatic heterocycles. The van der Waals surface area contributed by atoms with E-state index in [1.165, 1.54) is 27.8 Å². The number of furan rings is 1. The van der Waals surface area contributed by atoms with E-state index in [-0.39, 0.29) is 5.41 Å². The van der Waals surface area contributed by atoms with Crippen molar-refractivity contribution in [3.05, 3.63) is 199 Å². The Morgan fingerprint density at radius 1 is 0.345 bits per heavy atom. The minimum absolute atomic E-state index is 0.0895. The lowest BCUT2D eigenvalue weighted by Gasteiger charge is -2.21. The van der Waals surface area contributed by atoms with Crippen LogP contribution in [0.15, 0.2) is 192 Å². The molecule has 1 aliphatic carbocycles. The highest BCUT2D eigenvalue weighted by atomic mass is 16.3. The minimum atomic E-state index is -0.0895. The Morgan fingerprint density at radius 3 is 1.64 bits per heavy atom. The van der Waals surface area contributed by atoms with Crippen LogP contribution in [-0.2, 0) is 5.41 Å². The number of rotatable bonds is 6. The van der Waals surface area contributed by atoms with Crippen LogP contribution in [-0.4, -0.2) is 15.0 Å². The van der Waals surface area contributed by atoms with Gasteiger partial charge in [-0.05, 0) is 98.1 Å². The number of hydrogen-bond acceptors (Lipinski definition) is 4. The fourth-order valence-electron chi connectivity index (χ4n) is 8.79. The Balaban J connectivity index is 1.09. The smallest absolute Gasteiger partial charge is 0.164 e. The Labute approximate surface area is 337 Å². The van der Waals surface area contributed by atoms with Gasteiger partial charge in [0.25, 0.3) is 0 Å². The molecule has 4 nitrogen and oxygen atoms in total. The SMILES string of the molecule is CC1(C)c2ccccc2-c2cc(-c3nc(-c4ccccc4)nc(-c4cc(-c5ccccc5)cc(-c5ccc6c(c5)oc5cccc(-c7ccccc7)c56)c4)n3)ccc21. The van der Waals surface area contributed by atoms with Crippen molar-refractivity contribution in [2.45, 2.75) is 19.3 Å². The highest BCUT2D eigenvalue weighted by Gasteiger charge is 2.35. The van der Waals surface area contributed by atoms with Gasteiger partial charge in [0.15, 0.2) is 17.5 Å².